The minimum atomic E-state index is -0.475. The molecule has 3 N–H and O–H groups in total. The normalized spacial score (nSPS) is 25.8. The van der Waals surface area contributed by atoms with Crippen LogP contribution in [0, 0.1) is 5.92 Å². The highest BCUT2D eigenvalue weighted by atomic mass is 16.5. The van der Waals surface area contributed by atoms with Crippen LogP contribution in [0.15, 0.2) is 0 Å². The maximum Gasteiger partial charge on any atom is 0.237 e. The second-order valence-electron chi connectivity index (χ2n) is 4.50. The van der Waals surface area contributed by atoms with Crippen LogP contribution in [0.4, 0.5) is 0 Å². The molecule has 1 saturated heterocycles. The molecule has 1 aliphatic rings. The number of carbonyl (C=O) groups excluding carboxylic acids is 1. The third-order valence-electron chi connectivity index (χ3n) is 3.26. The number of hydrogen-bond donors (Lipinski definition) is 2. The maximum atomic E-state index is 11.7. The van der Waals surface area contributed by atoms with Crippen LogP contribution in [-0.4, -0.2) is 44.9 Å². The number of ether oxygens (including phenoxy) is 2. The average Bonchev–Trinajstić information content (AvgIpc) is 2.80. The molecule has 1 fully saturated rings. The van der Waals surface area contributed by atoms with Crippen LogP contribution in [0.25, 0.3) is 0 Å². The van der Waals surface area contributed by atoms with Crippen molar-refractivity contribution in [2.75, 3.05) is 26.9 Å². The predicted molar refractivity (Wildman–Crippen MR) is 65.6 cm³/mol. The van der Waals surface area contributed by atoms with Gasteiger partial charge in [0.15, 0.2) is 0 Å². The monoisotopic (exact) mass is 244 g/mol. The molecule has 1 rings (SSSR count). The van der Waals surface area contributed by atoms with E-state index in [1.807, 2.05) is 0 Å². The minimum absolute atomic E-state index is 0.0937. The summed E-state index contributed by atoms with van der Waals surface area (Å²) in [6, 6.07) is -0.475. The van der Waals surface area contributed by atoms with E-state index in [9.17, 15) is 4.79 Å². The molecule has 17 heavy (non-hydrogen) atoms. The molecular weight excluding hydrogens is 220 g/mol. The molecule has 0 saturated carbocycles. The zero-order chi connectivity index (χ0) is 12.7. The molecule has 0 aliphatic carbocycles. The molecule has 1 heterocycles. The Bertz CT molecular complexity index is 236. The van der Waals surface area contributed by atoms with E-state index in [2.05, 4.69) is 12.2 Å². The number of amides is 1. The van der Waals surface area contributed by atoms with Crippen LogP contribution in [-0.2, 0) is 14.3 Å². The standard InChI is InChI=1S/C12H24N2O3/c1-3-11-9(4-7-17-11)8-14-12(15)10(13)5-6-16-2/h9-11H,3-8,13H2,1-2H3,(H,14,15). The Morgan fingerprint density at radius 1 is 1.65 bits per heavy atom. The van der Waals surface area contributed by atoms with Crippen molar-refractivity contribution in [3.63, 3.8) is 0 Å². The van der Waals surface area contributed by atoms with Gasteiger partial charge in [0.2, 0.25) is 5.91 Å². The first-order valence-electron chi connectivity index (χ1n) is 6.32. The highest BCUT2D eigenvalue weighted by Crippen LogP contribution is 2.22. The third kappa shape index (κ3) is 4.61. The molecule has 5 heteroatoms. The van der Waals surface area contributed by atoms with E-state index >= 15 is 0 Å². The lowest BCUT2D eigenvalue weighted by molar-refractivity contribution is -0.123. The first-order chi connectivity index (χ1) is 8.19. The van der Waals surface area contributed by atoms with E-state index in [1.54, 1.807) is 7.11 Å². The summed E-state index contributed by atoms with van der Waals surface area (Å²) in [6.45, 7) is 4.08. The number of methoxy groups -OCH3 is 1. The van der Waals surface area contributed by atoms with Gasteiger partial charge in [-0.3, -0.25) is 4.79 Å². The number of nitrogens with two attached hydrogens (primary N) is 1. The lowest BCUT2D eigenvalue weighted by Crippen LogP contribution is -2.43. The van der Waals surface area contributed by atoms with Crippen LogP contribution < -0.4 is 11.1 Å². The summed E-state index contributed by atoms with van der Waals surface area (Å²) in [7, 11) is 1.60. The Labute approximate surface area is 103 Å². The lowest BCUT2D eigenvalue weighted by atomic mass is 9.99. The van der Waals surface area contributed by atoms with Gasteiger partial charge in [-0.15, -0.1) is 0 Å². The molecule has 3 atom stereocenters. The number of nitrogens with one attached hydrogen (secondary N) is 1. The van der Waals surface area contributed by atoms with Gasteiger partial charge in [0, 0.05) is 32.8 Å². The molecule has 0 radical (unpaired) electrons. The fraction of sp³-hybridized carbons (Fsp3) is 0.917. The average molecular weight is 244 g/mol. The van der Waals surface area contributed by atoms with Gasteiger partial charge in [-0.05, 0) is 19.3 Å². The molecule has 0 spiro atoms. The summed E-state index contributed by atoms with van der Waals surface area (Å²) in [5, 5.41) is 2.90. The minimum Gasteiger partial charge on any atom is -0.385 e. The summed E-state index contributed by atoms with van der Waals surface area (Å²) in [4.78, 5) is 11.7. The summed E-state index contributed by atoms with van der Waals surface area (Å²) < 4.78 is 10.5. The topological polar surface area (TPSA) is 73.6 Å². The van der Waals surface area contributed by atoms with Crippen molar-refractivity contribution in [3.05, 3.63) is 0 Å². The van der Waals surface area contributed by atoms with Crippen molar-refractivity contribution in [2.24, 2.45) is 11.7 Å². The molecule has 0 aromatic heterocycles. The van der Waals surface area contributed by atoms with Gasteiger partial charge in [-0.25, -0.2) is 0 Å². The number of hydrogen-bond acceptors (Lipinski definition) is 4. The summed E-state index contributed by atoms with van der Waals surface area (Å²) >= 11 is 0. The fourth-order valence-corrected chi connectivity index (χ4v) is 2.12. The number of carbonyl (C=O) groups is 1. The molecular formula is C12H24N2O3. The Morgan fingerprint density at radius 2 is 2.41 bits per heavy atom. The summed E-state index contributed by atoms with van der Waals surface area (Å²) in [5.74, 6) is 0.336. The van der Waals surface area contributed by atoms with Gasteiger partial charge >= 0.3 is 0 Å². The van der Waals surface area contributed by atoms with E-state index in [-0.39, 0.29) is 12.0 Å². The van der Waals surface area contributed by atoms with Crippen molar-refractivity contribution in [1.82, 2.24) is 5.32 Å². The quantitative estimate of drug-likeness (QED) is 0.674. The second-order valence-corrected chi connectivity index (χ2v) is 4.50. The van der Waals surface area contributed by atoms with Crippen LogP contribution in [0.2, 0.25) is 0 Å². The molecule has 1 aliphatic heterocycles. The van der Waals surface area contributed by atoms with Gasteiger partial charge in [-0.1, -0.05) is 6.92 Å². The van der Waals surface area contributed by atoms with Crippen LogP contribution in [0.5, 0.6) is 0 Å². The first kappa shape index (κ1) is 14.4. The Kier molecular flexibility index (Phi) is 6.47. The Morgan fingerprint density at radius 3 is 3.06 bits per heavy atom. The van der Waals surface area contributed by atoms with Gasteiger partial charge in [0.05, 0.1) is 12.1 Å². The van der Waals surface area contributed by atoms with Gasteiger partial charge < -0.3 is 20.5 Å². The van der Waals surface area contributed by atoms with E-state index in [0.29, 0.717) is 25.5 Å². The molecule has 1 amide bonds. The van der Waals surface area contributed by atoms with Crippen molar-refractivity contribution in [2.45, 2.75) is 38.3 Å². The van der Waals surface area contributed by atoms with Crippen molar-refractivity contribution >= 4 is 5.91 Å². The highest BCUT2D eigenvalue weighted by Gasteiger charge is 2.27. The Balaban J connectivity index is 2.22. The van der Waals surface area contributed by atoms with Gasteiger partial charge in [-0.2, -0.15) is 0 Å². The molecule has 0 aromatic carbocycles. The van der Waals surface area contributed by atoms with Gasteiger partial charge in [0.25, 0.3) is 0 Å². The van der Waals surface area contributed by atoms with E-state index < -0.39 is 6.04 Å². The summed E-state index contributed by atoms with van der Waals surface area (Å²) in [5.41, 5.74) is 5.73. The van der Waals surface area contributed by atoms with Crippen molar-refractivity contribution in [3.8, 4) is 0 Å². The highest BCUT2D eigenvalue weighted by molar-refractivity contribution is 5.81. The Hall–Kier alpha value is -0.650. The van der Waals surface area contributed by atoms with Crippen LogP contribution in [0.1, 0.15) is 26.2 Å². The second kappa shape index (κ2) is 7.63. The van der Waals surface area contributed by atoms with E-state index in [4.69, 9.17) is 15.2 Å². The zero-order valence-corrected chi connectivity index (χ0v) is 10.8. The van der Waals surface area contributed by atoms with Crippen molar-refractivity contribution in [1.29, 1.82) is 0 Å². The molecule has 3 unspecified atom stereocenters. The SMILES string of the molecule is CCC1OCCC1CNC(=O)C(N)CCOC. The van der Waals surface area contributed by atoms with Crippen LogP contribution in [0.3, 0.4) is 0 Å². The first-order valence-corrected chi connectivity index (χ1v) is 6.32. The molecule has 0 bridgehead atoms. The predicted octanol–water partition coefficient (Wildman–Crippen LogP) is 0.282. The lowest BCUT2D eigenvalue weighted by Gasteiger charge is -2.18. The molecule has 100 valence electrons. The van der Waals surface area contributed by atoms with E-state index in [1.165, 1.54) is 0 Å². The van der Waals surface area contributed by atoms with Gasteiger partial charge in [0.1, 0.15) is 0 Å². The maximum absolute atomic E-state index is 11.7. The smallest absolute Gasteiger partial charge is 0.237 e. The molecule has 0 aromatic rings. The number of rotatable bonds is 7. The summed E-state index contributed by atoms with van der Waals surface area (Å²) in [6.07, 6.45) is 2.86. The fourth-order valence-electron chi connectivity index (χ4n) is 2.12. The zero-order valence-electron chi connectivity index (χ0n) is 10.8. The third-order valence-corrected chi connectivity index (χ3v) is 3.26. The van der Waals surface area contributed by atoms with Crippen LogP contribution >= 0.6 is 0 Å². The molecule has 5 nitrogen and oxygen atoms in total. The van der Waals surface area contributed by atoms with Crippen molar-refractivity contribution < 1.29 is 14.3 Å². The van der Waals surface area contributed by atoms with E-state index in [0.717, 1.165) is 19.4 Å². The largest absolute Gasteiger partial charge is 0.385 e.